The van der Waals surface area contributed by atoms with Crippen molar-refractivity contribution >= 4 is 17.4 Å². The molecule has 2 heterocycles. The molecule has 1 aromatic rings. The average molecular weight is 243 g/mol. The highest BCUT2D eigenvalue weighted by molar-refractivity contribution is 7.03. The summed E-state index contributed by atoms with van der Waals surface area (Å²) in [6.07, 6.45) is 1.09. The third-order valence-electron chi connectivity index (χ3n) is 2.59. The van der Waals surface area contributed by atoms with Gasteiger partial charge in [-0.2, -0.15) is 0 Å². The molecule has 1 fully saturated rings. The van der Waals surface area contributed by atoms with Crippen molar-refractivity contribution in [1.82, 2.24) is 14.9 Å². The molecule has 0 unspecified atom stereocenters. The van der Waals surface area contributed by atoms with Crippen molar-refractivity contribution in [3.8, 4) is 0 Å². The monoisotopic (exact) mass is 243 g/mol. The van der Waals surface area contributed by atoms with Gasteiger partial charge in [-0.1, -0.05) is 4.49 Å². The fourth-order valence-corrected chi connectivity index (χ4v) is 1.96. The van der Waals surface area contributed by atoms with Crippen molar-refractivity contribution in [2.24, 2.45) is 0 Å². The number of nitrogens with one attached hydrogen (secondary N) is 1. The zero-order chi connectivity index (χ0) is 11.4. The molecule has 0 bridgehead atoms. The molecule has 0 radical (unpaired) electrons. The molecule has 1 aliphatic rings. The number of ether oxygens (including phenoxy) is 1. The maximum absolute atomic E-state index is 11.5. The molecule has 1 saturated heterocycles. The van der Waals surface area contributed by atoms with Gasteiger partial charge in [-0.3, -0.25) is 4.79 Å². The molecule has 7 heteroatoms. The van der Waals surface area contributed by atoms with Gasteiger partial charge in [0.25, 0.3) is 5.91 Å². The van der Waals surface area contributed by atoms with Gasteiger partial charge < -0.3 is 15.2 Å². The summed E-state index contributed by atoms with van der Waals surface area (Å²) in [5.74, 6) is -0.298. The summed E-state index contributed by atoms with van der Waals surface area (Å²) in [4.78, 5) is 11.5. The Hall–Kier alpha value is -1.05. The molecule has 0 aliphatic carbocycles. The van der Waals surface area contributed by atoms with E-state index in [-0.39, 0.29) is 12.5 Å². The van der Waals surface area contributed by atoms with E-state index in [1.807, 2.05) is 0 Å². The van der Waals surface area contributed by atoms with Crippen LogP contribution in [0, 0.1) is 0 Å². The number of rotatable bonds is 3. The Bertz CT molecular complexity index is 349. The number of hydrogen-bond acceptors (Lipinski definition) is 6. The van der Waals surface area contributed by atoms with Crippen LogP contribution >= 0.6 is 11.5 Å². The second kappa shape index (κ2) is 4.86. The van der Waals surface area contributed by atoms with E-state index in [1.54, 1.807) is 5.38 Å². The number of carbonyl (C=O) groups is 1. The van der Waals surface area contributed by atoms with Crippen LogP contribution in [-0.4, -0.2) is 46.0 Å². The number of aromatic nitrogens is 2. The minimum absolute atomic E-state index is 0.229. The third-order valence-corrected chi connectivity index (χ3v) is 3.10. The van der Waals surface area contributed by atoms with Gasteiger partial charge in [0, 0.05) is 38.0 Å². The zero-order valence-electron chi connectivity index (χ0n) is 8.68. The fraction of sp³-hybridized carbons (Fsp3) is 0.667. The number of aliphatic hydroxyl groups is 1. The van der Waals surface area contributed by atoms with Gasteiger partial charge >= 0.3 is 0 Å². The van der Waals surface area contributed by atoms with Crippen LogP contribution in [0.4, 0.5) is 0 Å². The maximum Gasteiger partial charge on any atom is 0.272 e. The van der Waals surface area contributed by atoms with Crippen LogP contribution in [0.1, 0.15) is 23.3 Å². The summed E-state index contributed by atoms with van der Waals surface area (Å²) in [6.45, 7) is 1.29. The van der Waals surface area contributed by atoms with Gasteiger partial charge in [0.05, 0.1) is 5.60 Å². The lowest BCUT2D eigenvalue weighted by atomic mass is 9.94. The normalized spacial score (nSPS) is 19.3. The number of hydrogen-bond donors (Lipinski definition) is 2. The first-order chi connectivity index (χ1) is 7.70. The molecule has 2 rings (SSSR count). The Balaban J connectivity index is 1.84. The molecule has 0 spiro atoms. The molecule has 88 valence electrons. The predicted molar refractivity (Wildman–Crippen MR) is 57.2 cm³/mol. The van der Waals surface area contributed by atoms with E-state index in [0.29, 0.717) is 31.7 Å². The first-order valence-electron chi connectivity index (χ1n) is 5.05. The molecule has 0 saturated carbocycles. The molecule has 0 atom stereocenters. The summed E-state index contributed by atoms with van der Waals surface area (Å²) in [5, 5.41) is 18.0. The smallest absolute Gasteiger partial charge is 0.272 e. The highest BCUT2D eigenvalue weighted by Crippen LogP contribution is 2.19. The van der Waals surface area contributed by atoms with Crippen LogP contribution in [0.15, 0.2) is 5.38 Å². The van der Waals surface area contributed by atoms with E-state index in [1.165, 1.54) is 0 Å². The van der Waals surface area contributed by atoms with Crippen molar-refractivity contribution in [2.75, 3.05) is 19.8 Å². The summed E-state index contributed by atoms with van der Waals surface area (Å²) in [7, 11) is 0. The van der Waals surface area contributed by atoms with E-state index >= 15 is 0 Å². The van der Waals surface area contributed by atoms with Gasteiger partial charge in [-0.05, 0) is 11.5 Å². The fourth-order valence-electron chi connectivity index (χ4n) is 1.53. The molecule has 1 aromatic heterocycles. The molecule has 6 nitrogen and oxygen atoms in total. The minimum atomic E-state index is -0.850. The molecule has 0 aromatic carbocycles. The number of amides is 1. The SMILES string of the molecule is O=C(NCC1(O)CCOCC1)c1csnn1. The molecule has 1 aliphatic heterocycles. The summed E-state index contributed by atoms with van der Waals surface area (Å²) in [5.41, 5.74) is -0.558. The largest absolute Gasteiger partial charge is 0.388 e. The van der Waals surface area contributed by atoms with E-state index in [0.717, 1.165) is 11.5 Å². The van der Waals surface area contributed by atoms with E-state index in [2.05, 4.69) is 14.9 Å². The lowest BCUT2D eigenvalue weighted by molar-refractivity contribution is -0.0605. The second-order valence-electron chi connectivity index (χ2n) is 3.81. The molecular formula is C9H13N3O3S. The Labute approximate surface area is 96.8 Å². The van der Waals surface area contributed by atoms with Gasteiger partial charge in [0.2, 0.25) is 0 Å². The predicted octanol–water partition coefficient (Wildman–Crippen LogP) is -0.191. The Morgan fingerprint density at radius 1 is 1.62 bits per heavy atom. The Morgan fingerprint density at radius 2 is 2.38 bits per heavy atom. The van der Waals surface area contributed by atoms with Crippen LogP contribution in [0.5, 0.6) is 0 Å². The summed E-state index contributed by atoms with van der Waals surface area (Å²) in [6, 6.07) is 0. The van der Waals surface area contributed by atoms with Crippen molar-refractivity contribution < 1.29 is 14.6 Å². The van der Waals surface area contributed by atoms with E-state index < -0.39 is 5.60 Å². The first-order valence-corrected chi connectivity index (χ1v) is 5.89. The molecule has 1 amide bonds. The standard InChI is InChI=1S/C9H13N3O3S/c13-8(7-5-16-12-11-7)10-6-9(14)1-3-15-4-2-9/h5,14H,1-4,6H2,(H,10,13). The van der Waals surface area contributed by atoms with Crippen molar-refractivity contribution in [1.29, 1.82) is 0 Å². The van der Waals surface area contributed by atoms with Crippen molar-refractivity contribution in [3.05, 3.63) is 11.1 Å². The van der Waals surface area contributed by atoms with E-state index in [4.69, 9.17) is 4.74 Å². The average Bonchev–Trinajstić information content (AvgIpc) is 2.80. The lowest BCUT2D eigenvalue weighted by Crippen LogP contribution is -2.46. The number of nitrogens with zero attached hydrogens (tertiary/aromatic N) is 2. The van der Waals surface area contributed by atoms with Crippen molar-refractivity contribution in [3.63, 3.8) is 0 Å². The number of carbonyl (C=O) groups excluding carboxylic acids is 1. The van der Waals surface area contributed by atoms with Crippen LogP contribution < -0.4 is 5.32 Å². The molecule has 16 heavy (non-hydrogen) atoms. The minimum Gasteiger partial charge on any atom is -0.388 e. The van der Waals surface area contributed by atoms with E-state index in [9.17, 15) is 9.90 Å². The highest BCUT2D eigenvalue weighted by Gasteiger charge is 2.30. The quantitative estimate of drug-likeness (QED) is 0.768. The van der Waals surface area contributed by atoms with Crippen LogP contribution in [-0.2, 0) is 4.74 Å². The van der Waals surface area contributed by atoms with Gasteiger partial charge in [-0.25, -0.2) is 0 Å². The summed E-state index contributed by atoms with van der Waals surface area (Å²) >= 11 is 1.12. The first kappa shape index (κ1) is 11.4. The summed E-state index contributed by atoms with van der Waals surface area (Å²) < 4.78 is 8.75. The topological polar surface area (TPSA) is 84.3 Å². The third kappa shape index (κ3) is 2.75. The zero-order valence-corrected chi connectivity index (χ0v) is 9.50. The maximum atomic E-state index is 11.5. The molecular weight excluding hydrogens is 230 g/mol. The molecule has 2 N–H and O–H groups in total. The van der Waals surface area contributed by atoms with Crippen LogP contribution in [0.25, 0.3) is 0 Å². The van der Waals surface area contributed by atoms with Crippen LogP contribution in [0.2, 0.25) is 0 Å². The second-order valence-corrected chi connectivity index (χ2v) is 4.42. The Morgan fingerprint density at radius 3 is 3.00 bits per heavy atom. The lowest BCUT2D eigenvalue weighted by Gasteiger charge is -2.31. The van der Waals surface area contributed by atoms with Gasteiger partial charge in [0.15, 0.2) is 5.69 Å². The van der Waals surface area contributed by atoms with Gasteiger partial charge in [-0.15, -0.1) is 5.10 Å². The van der Waals surface area contributed by atoms with Crippen LogP contribution in [0.3, 0.4) is 0 Å². The Kier molecular flexibility index (Phi) is 3.47. The van der Waals surface area contributed by atoms with Crippen molar-refractivity contribution in [2.45, 2.75) is 18.4 Å². The van der Waals surface area contributed by atoms with Gasteiger partial charge in [0.1, 0.15) is 0 Å². The highest BCUT2D eigenvalue weighted by atomic mass is 32.1.